The Morgan fingerprint density at radius 3 is 2.91 bits per heavy atom. The Bertz CT molecular complexity index is 924. The molecule has 0 spiro atoms. The van der Waals surface area contributed by atoms with Crippen LogP contribution in [0.15, 0.2) is 30.5 Å². The lowest BCUT2D eigenvalue weighted by Crippen LogP contribution is -2.37. The van der Waals surface area contributed by atoms with Gasteiger partial charge in [0.2, 0.25) is 5.91 Å². The van der Waals surface area contributed by atoms with Gasteiger partial charge in [0.15, 0.2) is 0 Å². The molecule has 2 aliphatic heterocycles. The van der Waals surface area contributed by atoms with Crippen LogP contribution in [0, 0.1) is 5.92 Å². The van der Waals surface area contributed by atoms with Crippen molar-refractivity contribution in [1.82, 2.24) is 10.3 Å². The van der Waals surface area contributed by atoms with Gasteiger partial charge in [-0.25, -0.2) is 4.98 Å². The van der Waals surface area contributed by atoms with Gasteiger partial charge in [-0.05, 0) is 68.3 Å². The highest BCUT2D eigenvalue weighted by atomic mass is 35.5. The fraction of sp³-hybridized carbons (Fsp3) is 0.520. The number of hydrogen-bond donors (Lipinski definition) is 3. The number of nitrogens with zero attached hydrogens (tertiary/aromatic N) is 1. The maximum Gasteiger partial charge on any atom is 0.229 e. The lowest BCUT2D eigenvalue weighted by Gasteiger charge is -2.24. The first kappa shape index (κ1) is 23.0. The SMILES string of the molecule is CCc1c(NCC2CCCCO2)cccc1-c1cc(NC(=O)C2CCCNC2)ncc1Cl. The van der Waals surface area contributed by atoms with Gasteiger partial charge < -0.3 is 20.7 Å². The van der Waals surface area contributed by atoms with Crippen molar-refractivity contribution in [3.63, 3.8) is 0 Å². The monoisotopic (exact) mass is 456 g/mol. The first-order valence-electron chi connectivity index (χ1n) is 11.8. The molecule has 7 heteroatoms. The van der Waals surface area contributed by atoms with Crippen molar-refractivity contribution in [3.8, 4) is 11.1 Å². The molecule has 0 aliphatic carbocycles. The topological polar surface area (TPSA) is 75.3 Å². The molecule has 6 nitrogen and oxygen atoms in total. The molecule has 0 bridgehead atoms. The Hall–Kier alpha value is -2.15. The summed E-state index contributed by atoms with van der Waals surface area (Å²) in [7, 11) is 0. The highest BCUT2D eigenvalue weighted by Gasteiger charge is 2.22. The van der Waals surface area contributed by atoms with Gasteiger partial charge in [-0.3, -0.25) is 4.79 Å². The van der Waals surface area contributed by atoms with Crippen LogP contribution in [0.4, 0.5) is 11.5 Å². The molecule has 1 amide bonds. The number of aromatic nitrogens is 1. The summed E-state index contributed by atoms with van der Waals surface area (Å²) in [5, 5.41) is 10.4. The zero-order chi connectivity index (χ0) is 22.3. The lowest BCUT2D eigenvalue weighted by molar-refractivity contribution is -0.120. The van der Waals surface area contributed by atoms with Gasteiger partial charge in [-0.2, -0.15) is 0 Å². The van der Waals surface area contributed by atoms with Crippen molar-refractivity contribution in [2.45, 2.75) is 51.6 Å². The van der Waals surface area contributed by atoms with Crippen LogP contribution in [-0.4, -0.2) is 43.2 Å². The molecular weight excluding hydrogens is 424 g/mol. The number of halogens is 1. The summed E-state index contributed by atoms with van der Waals surface area (Å²) in [5.41, 5.74) is 4.24. The normalized spacial score (nSPS) is 21.2. The molecule has 2 unspecified atom stereocenters. The fourth-order valence-corrected chi connectivity index (χ4v) is 4.80. The van der Waals surface area contributed by atoms with Crippen LogP contribution >= 0.6 is 11.6 Å². The number of ether oxygens (including phenoxy) is 1. The number of carbonyl (C=O) groups is 1. The van der Waals surface area contributed by atoms with E-state index >= 15 is 0 Å². The van der Waals surface area contributed by atoms with Gasteiger partial charge in [0.05, 0.1) is 17.0 Å². The molecular formula is C25H33ClN4O2. The number of nitrogens with one attached hydrogen (secondary N) is 3. The molecule has 2 saturated heterocycles. The van der Waals surface area contributed by atoms with E-state index in [0.29, 0.717) is 17.4 Å². The van der Waals surface area contributed by atoms with Crippen LogP contribution in [0.5, 0.6) is 0 Å². The minimum absolute atomic E-state index is 0.0107. The molecule has 3 N–H and O–H groups in total. The third-order valence-electron chi connectivity index (χ3n) is 6.39. The highest BCUT2D eigenvalue weighted by Crippen LogP contribution is 2.35. The second kappa shape index (κ2) is 11.1. The van der Waals surface area contributed by atoms with Gasteiger partial charge >= 0.3 is 0 Å². The van der Waals surface area contributed by atoms with Crippen LogP contribution in [0.2, 0.25) is 5.02 Å². The lowest BCUT2D eigenvalue weighted by atomic mass is 9.96. The summed E-state index contributed by atoms with van der Waals surface area (Å²) in [6.07, 6.45) is 8.15. The van der Waals surface area contributed by atoms with Crippen molar-refractivity contribution in [2.75, 3.05) is 36.9 Å². The van der Waals surface area contributed by atoms with Crippen molar-refractivity contribution in [2.24, 2.45) is 5.92 Å². The number of amides is 1. The van der Waals surface area contributed by atoms with Gasteiger partial charge in [0.25, 0.3) is 0 Å². The number of benzene rings is 1. The van der Waals surface area contributed by atoms with E-state index in [1.54, 1.807) is 6.20 Å². The minimum atomic E-state index is -0.0228. The third kappa shape index (κ3) is 5.61. The Morgan fingerprint density at radius 2 is 2.16 bits per heavy atom. The molecule has 172 valence electrons. The average Bonchev–Trinajstić information content (AvgIpc) is 2.84. The van der Waals surface area contributed by atoms with E-state index in [4.69, 9.17) is 16.3 Å². The highest BCUT2D eigenvalue weighted by molar-refractivity contribution is 6.33. The number of piperidine rings is 1. The van der Waals surface area contributed by atoms with E-state index in [1.807, 2.05) is 12.1 Å². The molecule has 0 saturated carbocycles. The van der Waals surface area contributed by atoms with Crippen molar-refractivity contribution in [1.29, 1.82) is 0 Å². The summed E-state index contributed by atoms with van der Waals surface area (Å²) in [4.78, 5) is 17.0. The molecule has 3 heterocycles. The van der Waals surface area contributed by atoms with Crippen LogP contribution in [-0.2, 0) is 16.0 Å². The fourth-order valence-electron chi connectivity index (χ4n) is 4.60. The molecule has 2 atom stereocenters. The summed E-state index contributed by atoms with van der Waals surface area (Å²) >= 11 is 6.57. The second-order valence-electron chi connectivity index (χ2n) is 8.64. The zero-order valence-corrected chi connectivity index (χ0v) is 19.5. The second-order valence-corrected chi connectivity index (χ2v) is 9.04. The van der Waals surface area contributed by atoms with Crippen molar-refractivity contribution >= 4 is 29.0 Å². The number of hydrogen-bond acceptors (Lipinski definition) is 5. The number of pyridine rings is 1. The van der Waals surface area contributed by atoms with Gasteiger partial charge in [0.1, 0.15) is 5.82 Å². The van der Waals surface area contributed by atoms with Crippen molar-refractivity contribution < 1.29 is 9.53 Å². The van der Waals surface area contributed by atoms with Crippen LogP contribution in [0.3, 0.4) is 0 Å². The quantitative estimate of drug-likeness (QED) is 0.553. The average molecular weight is 457 g/mol. The van der Waals surface area contributed by atoms with E-state index < -0.39 is 0 Å². The van der Waals surface area contributed by atoms with Gasteiger partial charge in [-0.15, -0.1) is 0 Å². The number of anilines is 2. The van der Waals surface area contributed by atoms with Gasteiger partial charge in [-0.1, -0.05) is 30.7 Å². The molecule has 2 aliphatic rings. The molecule has 1 aromatic heterocycles. The summed E-state index contributed by atoms with van der Waals surface area (Å²) in [5.74, 6) is 0.526. The van der Waals surface area contributed by atoms with E-state index in [-0.39, 0.29) is 17.9 Å². The number of carbonyl (C=O) groups excluding carboxylic acids is 1. The van der Waals surface area contributed by atoms with Crippen LogP contribution in [0.1, 0.15) is 44.6 Å². The van der Waals surface area contributed by atoms with Crippen LogP contribution in [0.25, 0.3) is 11.1 Å². The smallest absolute Gasteiger partial charge is 0.229 e. The van der Waals surface area contributed by atoms with E-state index in [1.165, 1.54) is 12.0 Å². The molecule has 2 fully saturated rings. The number of rotatable bonds is 7. The summed E-state index contributed by atoms with van der Waals surface area (Å²) < 4.78 is 5.87. The molecule has 4 rings (SSSR count). The molecule has 0 radical (unpaired) electrons. The summed E-state index contributed by atoms with van der Waals surface area (Å²) in [6.45, 7) is 5.49. The Morgan fingerprint density at radius 1 is 1.25 bits per heavy atom. The molecule has 1 aromatic carbocycles. The van der Waals surface area contributed by atoms with E-state index in [2.05, 4.69) is 40.0 Å². The summed E-state index contributed by atoms with van der Waals surface area (Å²) in [6, 6.07) is 8.12. The Balaban J connectivity index is 1.54. The largest absolute Gasteiger partial charge is 0.382 e. The van der Waals surface area contributed by atoms with E-state index in [0.717, 1.165) is 68.6 Å². The predicted octanol–water partition coefficient (Wildman–Crippen LogP) is 4.88. The maximum atomic E-state index is 12.7. The van der Waals surface area contributed by atoms with E-state index in [9.17, 15) is 4.79 Å². The zero-order valence-electron chi connectivity index (χ0n) is 18.8. The van der Waals surface area contributed by atoms with Crippen molar-refractivity contribution in [3.05, 3.63) is 41.0 Å². The Labute approximate surface area is 195 Å². The Kier molecular flexibility index (Phi) is 8.00. The molecule has 2 aromatic rings. The first-order valence-corrected chi connectivity index (χ1v) is 12.2. The third-order valence-corrected chi connectivity index (χ3v) is 6.69. The first-order chi connectivity index (χ1) is 15.7. The maximum absolute atomic E-state index is 12.7. The van der Waals surface area contributed by atoms with Crippen LogP contribution < -0.4 is 16.0 Å². The minimum Gasteiger partial charge on any atom is -0.382 e. The predicted molar refractivity (Wildman–Crippen MR) is 130 cm³/mol. The van der Waals surface area contributed by atoms with Gasteiger partial charge in [0, 0.05) is 37.1 Å². The molecule has 32 heavy (non-hydrogen) atoms. The standard InChI is InChI=1S/C25H33ClN4O2/c1-2-19-20(9-5-10-23(19)28-15-18-8-3-4-12-32-18)21-13-24(29-16-22(21)26)30-25(31)17-7-6-11-27-14-17/h5,9-10,13,16-18,27-28H,2-4,6-8,11-12,14-15H2,1H3,(H,29,30,31).